The number of aromatic amines is 1. The molecule has 3 heteroatoms. The van der Waals surface area contributed by atoms with Crippen LogP contribution in [-0.2, 0) is 0 Å². The Morgan fingerprint density at radius 1 is 1.56 bits per heavy atom. The predicted octanol–water partition coefficient (Wildman–Crippen LogP) is 2.34. The van der Waals surface area contributed by atoms with Crippen molar-refractivity contribution in [1.29, 1.82) is 0 Å². The van der Waals surface area contributed by atoms with Crippen LogP contribution in [0.3, 0.4) is 0 Å². The third-order valence-corrected chi connectivity index (χ3v) is 1.88. The lowest BCUT2D eigenvalue weighted by atomic mass is 10.4. The minimum Gasteiger partial charge on any atom is -0.349 e. The molecule has 48 valence electrons. The third kappa shape index (κ3) is 1.56. The summed E-state index contributed by atoms with van der Waals surface area (Å²) in [6.45, 7) is 1.96. The molecule has 1 nitrogen and oxygen atoms in total. The van der Waals surface area contributed by atoms with Crippen molar-refractivity contribution in [3.05, 3.63) is 22.5 Å². The topological polar surface area (TPSA) is 15.8 Å². The summed E-state index contributed by atoms with van der Waals surface area (Å²) in [4.78, 5) is 3.81. The first-order chi connectivity index (χ1) is 4.20. The van der Waals surface area contributed by atoms with Crippen molar-refractivity contribution < 1.29 is 0 Å². The van der Waals surface area contributed by atoms with Gasteiger partial charge in [0.2, 0.25) is 0 Å². The number of aromatic nitrogens is 1. The van der Waals surface area contributed by atoms with Gasteiger partial charge in [-0.3, -0.25) is 0 Å². The Labute approximate surface area is 64.5 Å². The molecular formula is C6H7NS2. The molecule has 0 aliphatic carbocycles. The monoisotopic (exact) mass is 157 g/mol. The highest BCUT2D eigenvalue weighted by molar-refractivity contribution is 7.81. The van der Waals surface area contributed by atoms with Gasteiger partial charge >= 0.3 is 0 Å². The highest BCUT2D eigenvalue weighted by Gasteiger charge is 1.86. The molecule has 0 amide bonds. The molecule has 0 aliphatic rings. The first-order valence-electron chi connectivity index (χ1n) is 2.59. The van der Waals surface area contributed by atoms with Crippen LogP contribution in [0.15, 0.2) is 17.0 Å². The van der Waals surface area contributed by atoms with Crippen molar-refractivity contribution in [2.75, 3.05) is 0 Å². The lowest BCUT2D eigenvalue weighted by molar-refractivity contribution is 1.13. The van der Waals surface area contributed by atoms with E-state index in [0.29, 0.717) is 4.64 Å². The Morgan fingerprint density at radius 2 is 2.22 bits per heavy atom. The minimum atomic E-state index is 0.707. The van der Waals surface area contributed by atoms with E-state index in [-0.39, 0.29) is 0 Å². The molecule has 1 rings (SSSR count). The number of thiol groups is 1. The lowest BCUT2D eigenvalue weighted by Gasteiger charge is -1.92. The summed E-state index contributed by atoms with van der Waals surface area (Å²) < 4.78 is 0.707. The Morgan fingerprint density at radius 3 is 2.67 bits per heavy atom. The van der Waals surface area contributed by atoms with E-state index in [1.54, 1.807) is 0 Å². The van der Waals surface area contributed by atoms with Gasteiger partial charge in [-0.05, 0) is 19.1 Å². The fraction of sp³-hybridized carbons (Fsp3) is 0.167. The first kappa shape index (κ1) is 6.83. The van der Waals surface area contributed by atoms with Gasteiger partial charge in [-0.25, -0.2) is 0 Å². The summed E-state index contributed by atoms with van der Waals surface area (Å²) in [5.74, 6) is 0. The Hall–Kier alpha value is -0.280. The molecular weight excluding hydrogens is 150 g/mol. The van der Waals surface area contributed by atoms with Gasteiger partial charge in [0.1, 0.15) is 4.64 Å². The molecule has 0 spiro atoms. The first-order valence-corrected chi connectivity index (χ1v) is 3.44. The number of H-pyrrole nitrogens is 1. The zero-order chi connectivity index (χ0) is 6.85. The van der Waals surface area contributed by atoms with E-state index in [4.69, 9.17) is 12.2 Å². The van der Waals surface area contributed by atoms with Crippen molar-refractivity contribution in [2.45, 2.75) is 11.8 Å². The zero-order valence-corrected chi connectivity index (χ0v) is 6.72. The summed E-state index contributed by atoms with van der Waals surface area (Å²) in [7, 11) is 0. The molecule has 0 fully saturated rings. The summed E-state index contributed by atoms with van der Waals surface area (Å²) in [6, 6.07) is 3.83. The number of rotatable bonds is 0. The van der Waals surface area contributed by atoms with E-state index in [1.165, 1.54) is 0 Å². The molecule has 0 aliphatic heterocycles. The predicted molar refractivity (Wildman–Crippen MR) is 43.6 cm³/mol. The summed E-state index contributed by atoms with van der Waals surface area (Å²) >= 11 is 9.02. The van der Waals surface area contributed by atoms with Crippen molar-refractivity contribution in [1.82, 2.24) is 4.98 Å². The molecule has 1 aromatic heterocycles. The molecule has 1 heterocycles. The molecule has 0 aromatic carbocycles. The van der Waals surface area contributed by atoms with Crippen molar-refractivity contribution in [2.24, 2.45) is 0 Å². The van der Waals surface area contributed by atoms with E-state index >= 15 is 0 Å². The van der Waals surface area contributed by atoms with Crippen molar-refractivity contribution in [3.8, 4) is 0 Å². The van der Waals surface area contributed by atoms with Gasteiger partial charge in [-0.1, -0.05) is 12.2 Å². The fourth-order valence-electron chi connectivity index (χ4n) is 0.564. The highest BCUT2D eigenvalue weighted by Crippen LogP contribution is 2.05. The number of hydrogen-bond donors (Lipinski definition) is 2. The van der Waals surface area contributed by atoms with Crippen LogP contribution in [0.2, 0.25) is 0 Å². The van der Waals surface area contributed by atoms with Gasteiger partial charge in [0.15, 0.2) is 0 Å². The quantitative estimate of drug-likeness (QED) is 0.436. The van der Waals surface area contributed by atoms with E-state index < -0.39 is 0 Å². The lowest BCUT2D eigenvalue weighted by Crippen LogP contribution is -1.80. The molecule has 0 unspecified atom stereocenters. The molecule has 1 aromatic rings. The third-order valence-electron chi connectivity index (χ3n) is 1.03. The van der Waals surface area contributed by atoms with Crippen LogP contribution >= 0.6 is 24.8 Å². The van der Waals surface area contributed by atoms with Gasteiger partial charge in [0.25, 0.3) is 0 Å². The van der Waals surface area contributed by atoms with Crippen LogP contribution in [0.25, 0.3) is 0 Å². The molecule has 0 radical (unpaired) electrons. The SMILES string of the molecule is Cc1ccc(S)c(=S)[nH]1. The largest absolute Gasteiger partial charge is 0.349 e. The van der Waals surface area contributed by atoms with Crippen LogP contribution < -0.4 is 0 Å². The van der Waals surface area contributed by atoms with Crippen LogP contribution in [0, 0.1) is 11.6 Å². The Kier molecular flexibility index (Phi) is 1.93. The van der Waals surface area contributed by atoms with Crippen molar-refractivity contribution in [3.63, 3.8) is 0 Å². The summed E-state index contributed by atoms with van der Waals surface area (Å²) in [6.07, 6.45) is 0. The summed E-state index contributed by atoms with van der Waals surface area (Å²) in [5.41, 5.74) is 1.07. The van der Waals surface area contributed by atoms with Crippen molar-refractivity contribution >= 4 is 24.8 Å². The zero-order valence-electron chi connectivity index (χ0n) is 5.01. The van der Waals surface area contributed by atoms with Gasteiger partial charge < -0.3 is 4.98 Å². The standard InChI is InChI=1S/C6H7NS2/c1-4-2-3-5(8)6(9)7-4/h2-3,8H,1H3,(H,7,9). The van der Waals surface area contributed by atoms with Gasteiger partial charge in [-0.2, -0.15) is 0 Å². The number of pyridine rings is 1. The van der Waals surface area contributed by atoms with Gasteiger partial charge in [0.05, 0.1) is 0 Å². The smallest absolute Gasteiger partial charge is 0.116 e. The highest BCUT2D eigenvalue weighted by atomic mass is 32.1. The number of aryl methyl sites for hydroxylation is 1. The summed E-state index contributed by atoms with van der Waals surface area (Å²) in [5, 5.41) is 0. The average Bonchev–Trinajstić information content (AvgIpc) is 1.80. The fourth-order valence-corrected chi connectivity index (χ4v) is 0.924. The molecule has 0 saturated heterocycles. The van der Waals surface area contributed by atoms with Gasteiger partial charge in [0, 0.05) is 10.6 Å². The number of nitrogens with one attached hydrogen (secondary N) is 1. The average molecular weight is 157 g/mol. The molecule has 0 atom stereocenters. The minimum absolute atomic E-state index is 0.707. The second-order valence-corrected chi connectivity index (χ2v) is 2.75. The van der Waals surface area contributed by atoms with Crippen LogP contribution in [-0.4, -0.2) is 4.98 Å². The van der Waals surface area contributed by atoms with Crippen LogP contribution in [0.4, 0.5) is 0 Å². The van der Waals surface area contributed by atoms with Gasteiger partial charge in [-0.15, -0.1) is 12.6 Å². The van der Waals surface area contributed by atoms with E-state index in [0.717, 1.165) is 10.6 Å². The maximum absolute atomic E-state index is 4.91. The molecule has 0 bridgehead atoms. The molecule has 0 saturated carbocycles. The van der Waals surface area contributed by atoms with E-state index in [2.05, 4.69) is 17.6 Å². The Bertz CT molecular complexity index is 264. The maximum atomic E-state index is 4.91. The second-order valence-electron chi connectivity index (χ2n) is 1.86. The van der Waals surface area contributed by atoms with Crippen LogP contribution in [0.1, 0.15) is 5.69 Å². The Balaban J connectivity index is 3.34. The second kappa shape index (κ2) is 2.54. The molecule has 9 heavy (non-hydrogen) atoms. The normalized spacial score (nSPS) is 9.56. The van der Waals surface area contributed by atoms with E-state index in [1.807, 2.05) is 19.1 Å². The van der Waals surface area contributed by atoms with E-state index in [9.17, 15) is 0 Å². The van der Waals surface area contributed by atoms with Crippen LogP contribution in [0.5, 0.6) is 0 Å². The molecule has 1 N–H and O–H groups in total. The maximum Gasteiger partial charge on any atom is 0.116 e. The number of hydrogen-bond acceptors (Lipinski definition) is 2.